The molecule has 0 fully saturated rings. The Kier molecular flexibility index (Phi) is 3.36. The molecule has 0 spiro atoms. The molecule has 1 aromatic heterocycles. The van der Waals surface area contributed by atoms with E-state index in [0.29, 0.717) is 10.7 Å². The molecule has 3 aromatic rings. The van der Waals surface area contributed by atoms with Crippen LogP contribution in [0.1, 0.15) is 27.7 Å². The summed E-state index contributed by atoms with van der Waals surface area (Å²) < 4.78 is 0. The van der Waals surface area contributed by atoms with Gasteiger partial charge in [0, 0.05) is 15.9 Å². The number of benzene rings is 2. The molecule has 0 bridgehead atoms. The normalized spacial score (nSPS) is 19.7. The fourth-order valence-electron chi connectivity index (χ4n) is 3.24. The monoisotopic (exact) mass is 325 g/mol. The van der Waals surface area contributed by atoms with Gasteiger partial charge in [-0.2, -0.15) is 0 Å². The van der Waals surface area contributed by atoms with Crippen molar-refractivity contribution in [3.05, 3.63) is 70.4 Å². The summed E-state index contributed by atoms with van der Waals surface area (Å²) in [5.74, 6) is -0.148. The molecule has 1 unspecified atom stereocenters. The van der Waals surface area contributed by atoms with Crippen molar-refractivity contribution >= 4 is 28.4 Å². The SMILES string of the molecule is N[C@@H]1c2ccccc2CC1NC(=O)c1cc2cc(Cl)ccc2[nH]1. The predicted octanol–water partition coefficient (Wildman–Crippen LogP) is 3.18. The zero-order valence-electron chi connectivity index (χ0n) is 12.3. The Morgan fingerprint density at radius 2 is 2.04 bits per heavy atom. The Morgan fingerprint density at radius 3 is 2.87 bits per heavy atom. The molecule has 0 saturated carbocycles. The zero-order chi connectivity index (χ0) is 16.0. The maximum absolute atomic E-state index is 12.5. The average molecular weight is 326 g/mol. The predicted molar refractivity (Wildman–Crippen MR) is 91.6 cm³/mol. The second kappa shape index (κ2) is 5.41. The van der Waals surface area contributed by atoms with Gasteiger partial charge in [0.1, 0.15) is 5.69 Å². The molecule has 1 aliphatic rings. The minimum absolute atomic E-state index is 0.0881. The summed E-state index contributed by atoms with van der Waals surface area (Å²) in [5.41, 5.74) is 9.99. The number of carbonyl (C=O) groups is 1. The van der Waals surface area contributed by atoms with Crippen molar-refractivity contribution in [3.8, 4) is 0 Å². The topological polar surface area (TPSA) is 70.9 Å². The van der Waals surface area contributed by atoms with Crippen LogP contribution in [0.15, 0.2) is 48.5 Å². The van der Waals surface area contributed by atoms with Crippen molar-refractivity contribution in [1.29, 1.82) is 0 Å². The summed E-state index contributed by atoms with van der Waals surface area (Å²) in [6.07, 6.45) is 0.759. The molecular formula is C18H16ClN3O. The highest BCUT2D eigenvalue weighted by molar-refractivity contribution is 6.31. The highest BCUT2D eigenvalue weighted by atomic mass is 35.5. The molecule has 1 heterocycles. The summed E-state index contributed by atoms with van der Waals surface area (Å²) >= 11 is 5.98. The third-order valence-electron chi connectivity index (χ3n) is 4.43. The molecule has 0 radical (unpaired) electrons. The summed E-state index contributed by atoms with van der Waals surface area (Å²) in [7, 11) is 0. The van der Waals surface area contributed by atoms with E-state index in [0.717, 1.165) is 22.9 Å². The fourth-order valence-corrected chi connectivity index (χ4v) is 3.42. The number of aromatic nitrogens is 1. The van der Waals surface area contributed by atoms with Crippen molar-refractivity contribution < 1.29 is 4.79 Å². The minimum atomic E-state index is -0.172. The van der Waals surface area contributed by atoms with E-state index in [4.69, 9.17) is 17.3 Å². The van der Waals surface area contributed by atoms with Crippen molar-refractivity contribution in [2.24, 2.45) is 5.73 Å². The molecule has 2 aromatic carbocycles. The second-order valence-electron chi connectivity index (χ2n) is 5.92. The van der Waals surface area contributed by atoms with Gasteiger partial charge in [-0.15, -0.1) is 0 Å². The van der Waals surface area contributed by atoms with E-state index in [2.05, 4.69) is 16.4 Å². The third-order valence-corrected chi connectivity index (χ3v) is 4.67. The van der Waals surface area contributed by atoms with E-state index in [1.54, 1.807) is 6.07 Å². The number of fused-ring (bicyclic) bond motifs is 2. The Balaban J connectivity index is 1.56. The molecule has 0 aliphatic heterocycles. The van der Waals surface area contributed by atoms with Crippen LogP contribution in [0.3, 0.4) is 0 Å². The first-order valence-corrected chi connectivity index (χ1v) is 7.92. The Bertz CT molecular complexity index is 902. The van der Waals surface area contributed by atoms with Gasteiger partial charge in [-0.25, -0.2) is 0 Å². The number of amides is 1. The van der Waals surface area contributed by atoms with Crippen molar-refractivity contribution in [2.45, 2.75) is 18.5 Å². The van der Waals surface area contributed by atoms with Gasteiger partial charge in [-0.05, 0) is 41.8 Å². The Hall–Kier alpha value is -2.30. The van der Waals surface area contributed by atoms with Crippen LogP contribution in [0, 0.1) is 0 Å². The molecule has 4 N–H and O–H groups in total. The van der Waals surface area contributed by atoms with E-state index < -0.39 is 0 Å². The Labute approximate surface area is 138 Å². The zero-order valence-corrected chi connectivity index (χ0v) is 13.1. The number of hydrogen-bond acceptors (Lipinski definition) is 2. The molecule has 1 aliphatic carbocycles. The van der Waals surface area contributed by atoms with Gasteiger partial charge in [0.15, 0.2) is 0 Å². The van der Waals surface area contributed by atoms with Crippen molar-refractivity contribution in [3.63, 3.8) is 0 Å². The highest BCUT2D eigenvalue weighted by Gasteiger charge is 2.30. The number of H-pyrrole nitrogens is 1. The van der Waals surface area contributed by atoms with Crippen LogP contribution in [-0.2, 0) is 6.42 Å². The lowest BCUT2D eigenvalue weighted by Gasteiger charge is -2.17. The van der Waals surface area contributed by atoms with Crippen LogP contribution < -0.4 is 11.1 Å². The lowest BCUT2D eigenvalue weighted by Crippen LogP contribution is -2.40. The first-order valence-electron chi connectivity index (χ1n) is 7.54. The first-order chi connectivity index (χ1) is 11.1. The summed E-state index contributed by atoms with van der Waals surface area (Å²) in [6, 6.07) is 15.1. The Morgan fingerprint density at radius 1 is 1.22 bits per heavy atom. The van der Waals surface area contributed by atoms with Gasteiger partial charge in [0.25, 0.3) is 5.91 Å². The second-order valence-corrected chi connectivity index (χ2v) is 6.36. The molecule has 0 saturated heterocycles. The quantitative estimate of drug-likeness (QED) is 0.677. The molecule has 4 rings (SSSR count). The van der Waals surface area contributed by atoms with E-state index in [1.165, 1.54) is 5.56 Å². The number of aromatic amines is 1. The molecule has 1 amide bonds. The molecule has 116 valence electrons. The lowest BCUT2D eigenvalue weighted by atomic mass is 10.1. The summed E-state index contributed by atoms with van der Waals surface area (Å²) in [4.78, 5) is 15.6. The van der Waals surface area contributed by atoms with E-state index in [1.807, 2.05) is 36.4 Å². The van der Waals surface area contributed by atoms with Crippen LogP contribution in [0.25, 0.3) is 10.9 Å². The average Bonchev–Trinajstić information content (AvgIpc) is 3.09. The molecule has 4 nitrogen and oxygen atoms in total. The highest BCUT2D eigenvalue weighted by Crippen LogP contribution is 2.29. The molecule has 23 heavy (non-hydrogen) atoms. The van der Waals surface area contributed by atoms with Crippen LogP contribution in [0.2, 0.25) is 5.02 Å². The van der Waals surface area contributed by atoms with Crippen molar-refractivity contribution in [2.75, 3.05) is 0 Å². The van der Waals surface area contributed by atoms with Crippen LogP contribution in [-0.4, -0.2) is 16.9 Å². The van der Waals surface area contributed by atoms with E-state index in [-0.39, 0.29) is 18.0 Å². The number of nitrogens with one attached hydrogen (secondary N) is 2. The van der Waals surface area contributed by atoms with Gasteiger partial charge in [-0.3, -0.25) is 4.79 Å². The van der Waals surface area contributed by atoms with E-state index in [9.17, 15) is 4.79 Å². The molecular weight excluding hydrogens is 310 g/mol. The number of halogens is 1. The first kappa shape index (κ1) is 14.3. The van der Waals surface area contributed by atoms with E-state index >= 15 is 0 Å². The van der Waals surface area contributed by atoms with Crippen LogP contribution >= 0.6 is 11.6 Å². The van der Waals surface area contributed by atoms with Gasteiger partial charge < -0.3 is 16.0 Å². The number of hydrogen-bond donors (Lipinski definition) is 3. The number of nitrogens with two attached hydrogens (primary N) is 1. The van der Waals surface area contributed by atoms with Gasteiger partial charge in [0.05, 0.1) is 12.1 Å². The number of carbonyl (C=O) groups excluding carboxylic acids is 1. The maximum atomic E-state index is 12.5. The smallest absolute Gasteiger partial charge is 0.268 e. The molecule has 2 atom stereocenters. The van der Waals surface area contributed by atoms with Crippen LogP contribution in [0.4, 0.5) is 0 Å². The lowest BCUT2D eigenvalue weighted by molar-refractivity contribution is 0.0929. The standard InChI is InChI=1S/C18H16ClN3O/c19-12-5-6-14-11(7-12)9-16(21-14)18(23)22-15-8-10-3-1-2-4-13(10)17(15)20/h1-7,9,15,17,21H,8,20H2,(H,22,23)/t15?,17-/m1/s1. The number of rotatable bonds is 2. The van der Waals surface area contributed by atoms with Crippen LogP contribution in [0.5, 0.6) is 0 Å². The summed E-state index contributed by atoms with van der Waals surface area (Å²) in [6.45, 7) is 0. The van der Waals surface area contributed by atoms with Crippen molar-refractivity contribution in [1.82, 2.24) is 10.3 Å². The fraction of sp³-hybridized carbons (Fsp3) is 0.167. The third kappa shape index (κ3) is 2.50. The largest absolute Gasteiger partial charge is 0.351 e. The summed E-state index contributed by atoms with van der Waals surface area (Å²) in [5, 5.41) is 4.61. The van der Waals surface area contributed by atoms with Gasteiger partial charge >= 0.3 is 0 Å². The molecule has 5 heteroatoms. The van der Waals surface area contributed by atoms with Gasteiger partial charge in [-0.1, -0.05) is 35.9 Å². The maximum Gasteiger partial charge on any atom is 0.268 e. The van der Waals surface area contributed by atoms with Gasteiger partial charge in [0.2, 0.25) is 0 Å². The minimum Gasteiger partial charge on any atom is -0.351 e.